The zero-order chi connectivity index (χ0) is 23.4. The first-order valence-corrected chi connectivity index (χ1v) is 14.1. The molecular formula is C28H60O3. The number of ether oxygens (including phenoxy) is 1. The maximum Gasteiger partial charge on any atom is 0.0662 e. The van der Waals surface area contributed by atoms with E-state index in [0.717, 1.165) is 0 Å². The SMILES string of the molecule is CCCCCCCCC(CCCC)OC(CCCC)CCCCCCCC.OCCO. The van der Waals surface area contributed by atoms with E-state index in [1.54, 1.807) is 0 Å². The third-order valence-electron chi connectivity index (χ3n) is 6.00. The predicted octanol–water partition coefficient (Wildman–Crippen LogP) is 8.59. The van der Waals surface area contributed by atoms with Crippen LogP contribution in [0.5, 0.6) is 0 Å². The molecule has 0 bridgehead atoms. The zero-order valence-electron chi connectivity index (χ0n) is 22.0. The van der Waals surface area contributed by atoms with Crippen LogP contribution >= 0.6 is 0 Å². The van der Waals surface area contributed by atoms with Crippen LogP contribution in [0.1, 0.15) is 156 Å². The summed E-state index contributed by atoms with van der Waals surface area (Å²) < 4.78 is 6.71. The smallest absolute Gasteiger partial charge is 0.0662 e. The van der Waals surface area contributed by atoms with E-state index in [-0.39, 0.29) is 13.2 Å². The highest BCUT2D eigenvalue weighted by Gasteiger charge is 2.16. The molecule has 0 aliphatic heterocycles. The van der Waals surface area contributed by atoms with Gasteiger partial charge in [-0.1, -0.05) is 130 Å². The minimum absolute atomic E-state index is 0.125. The van der Waals surface area contributed by atoms with Crippen molar-refractivity contribution in [2.45, 2.75) is 168 Å². The molecule has 0 saturated carbocycles. The van der Waals surface area contributed by atoms with Crippen LogP contribution in [0.15, 0.2) is 0 Å². The summed E-state index contributed by atoms with van der Waals surface area (Å²) in [5.74, 6) is 0. The Morgan fingerprint density at radius 1 is 0.419 bits per heavy atom. The monoisotopic (exact) mass is 444 g/mol. The molecule has 0 aliphatic rings. The van der Waals surface area contributed by atoms with Crippen LogP contribution in [-0.2, 0) is 4.74 Å². The summed E-state index contributed by atoms with van der Waals surface area (Å²) in [5, 5.41) is 15.2. The molecule has 0 radical (unpaired) electrons. The van der Waals surface area contributed by atoms with E-state index in [9.17, 15) is 0 Å². The molecule has 3 nitrogen and oxygen atoms in total. The van der Waals surface area contributed by atoms with Crippen LogP contribution in [-0.4, -0.2) is 35.6 Å². The van der Waals surface area contributed by atoms with Crippen molar-refractivity contribution < 1.29 is 14.9 Å². The lowest BCUT2D eigenvalue weighted by Gasteiger charge is -2.25. The number of aliphatic hydroxyl groups excluding tert-OH is 2. The van der Waals surface area contributed by atoms with Gasteiger partial charge in [0.15, 0.2) is 0 Å². The molecule has 190 valence electrons. The quantitative estimate of drug-likeness (QED) is 0.155. The first-order chi connectivity index (χ1) is 15.2. The van der Waals surface area contributed by atoms with Crippen molar-refractivity contribution in [2.75, 3.05) is 13.2 Å². The lowest BCUT2D eigenvalue weighted by Crippen LogP contribution is -2.23. The summed E-state index contributed by atoms with van der Waals surface area (Å²) >= 11 is 0. The molecule has 0 heterocycles. The second-order valence-electron chi connectivity index (χ2n) is 9.22. The number of rotatable bonds is 23. The fourth-order valence-electron chi connectivity index (χ4n) is 4.00. The highest BCUT2D eigenvalue weighted by atomic mass is 16.5. The molecule has 31 heavy (non-hydrogen) atoms. The standard InChI is InChI=1S/C26H54O.C2H6O2/c1-5-9-13-15-17-19-23-25(21-11-7-3)27-26(22-12-8-4)24-20-18-16-14-10-6-2;3-1-2-4/h25-26H,5-24H2,1-4H3;3-4H,1-2H2. The third-order valence-corrected chi connectivity index (χ3v) is 6.00. The van der Waals surface area contributed by atoms with Gasteiger partial charge in [0.1, 0.15) is 0 Å². The van der Waals surface area contributed by atoms with Gasteiger partial charge in [0, 0.05) is 0 Å². The normalized spacial score (nSPS) is 13.0. The minimum Gasteiger partial charge on any atom is -0.394 e. The molecule has 0 aromatic carbocycles. The Kier molecular flexibility index (Phi) is 31.9. The van der Waals surface area contributed by atoms with E-state index >= 15 is 0 Å². The molecule has 2 atom stereocenters. The van der Waals surface area contributed by atoms with Crippen molar-refractivity contribution in [3.8, 4) is 0 Å². The summed E-state index contributed by atoms with van der Waals surface area (Å²) in [4.78, 5) is 0. The van der Waals surface area contributed by atoms with Gasteiger partial charge in [-0.3, -0.25) is 0 Å². The van der Waals surface area contributed by atoms with Gasteiger partial charge in [0.05, 0.1) is 25.4 Å². The van der Waals surface area contributed by atoms with Gasteiger partial charge >= 0.3 is 0 Å². The summed E-state index contributed by atoms with van der Waals surface area (Å²) in [6, 6.07) is 0. The average molecular weight is 445 g/mol. The molecule has 0 aromatic heterocycles. The van der Waals surface area contributed by atoms with Crippen molar-refractivity contribution in [1.82, 2.24) is 0 Å². The van der Waals surface area contributed by atoms with E-state index in [1.165, 1.54) is 128 Å². The van der Waals surface area contributed by atoms with Crippen LogP contribution < -0.4 is 0 Å². The Morgan fingerprint density at radius 2 is 0.710 bits per heavy atom. The maximum atomic E-state index is 7.62. The molecular weight excluding hydrogens is 384 g/mol. The Morgan fingerprint density at radius 3 is 1.03 bits per heavy atom. The van der Waals surface area contributed by atoms with Crippen LogP contribution in [0.3, 0.4) is 0 Å². The highest BCUT2D eigenvalue weighted by molar-refractivity contribution is 4.66. The first kappa shape index (κ1) is 33.1. The molecule has 2 N–H and O–H groups in total. The van der Waals surface area contributed by atoms with Gasteiger partial charge in [-0.25, -0.2) is 0 Å². The Balaban J connectivity index is 0. The fraction of sp³-hybridized carbons (Fsp3) is 1.00. The fourth-order valence-corrected chi connectivity index (χ4v) is 4.00. The van der Waals surface area contributed by atoms with Crippen molar-refractivity contribution in [3.05, 3.63) is 0 Å². The van der Waals surface area contributed by atoms with Gasteiger partial charge in [0.2, 0.25) is 0 Å². The molecule has 0 amide bonds. The van der Waals surface area contributed by atoms with Crippen molar-refractivity contribution in [2.24, 2.45) is 0 Å². The van der Waals surface area contributed by atoms with Crippen LogP contribution in [0.25, 0.3) is 0 Å². The van der Waals surface area contributed by atoms with Crippen LogP contribution in [0.2, 0.25) is 0 Å². The molecule has 0 fully saturated rings. The lowest BCUT2D eigenvalue weighted by molar-refractivity contribution is -0.0321. The Hall–Kier alpha value is -0.120. The first-order valence-electron chi connectivity index (χ1n) is 14.1. The minimum atomic E-state index is -0.125. The predicted molar refractivity (Wildman–Crippen MR) is 138 cm³/mol. The number of unbranched alkanes of at least 4 members (excludes halogenated alkanes) is 12. The van der Waals surface area contributed by atoms with Gasteiger partial charge < -0.3 is 14.9 Å². The van der Waals surface area contributed by atoms with Crippen molar-refractivity contribution >= 4 is 0 Å². The molecule has 0 saturated heterocycles. The van der Waals surface area contributed by atoms with Crippen molar-refractivity contribution in [1.29, 1.82) is 0 Å². The lowest BCUT2D eigenvalue weighted by atomic mass is 10.0. The van der Waals surface area contributed by atoms with E-state index in [2.05, 4.69) is 27.7 Å². The van der Waals surface area contributed by atoms with Gasteiger partial charge in [-0.2, -0.15) is 0 Å². The summed E-state index contributed by atoms with van der Waals surface area (Å²) in [6.07, 6.45) is 28.2. The van der Waals surface area contributed by atoms with Gasteiger partial charge in [0.25, 0.3) is 0 Å². The van der Waals surface area contributed by atoms with E-state index < -0.39 is 0 Å². The largest absolute Gasteiger partial charge is 0.394 e. The van der Waals surface area contributed by atoms with E-state index in [4.69, 9.17) is 14.9 Å². The second kappa shape index (κ2) is 29.9. The highest BCUT2D eigenvalue weighted by Crippen LogP contribution is 2.22. The molecule has 0 aromatic rings. The summed E-state index contributed by atoms with van der Waals surface area (Å²) in [5.41, 5.74) is 0. The molecule has 0 spiro atoms. The third kappa shape index (κ3) is 27.8. The molecule has 0 rings (SSSR count). The molecule has 3 heteroatoms. The van der Waals surface area contributed by atoms with E-state index in [1.807, 2.05) is 0 Å². The van der Waals surface area contributed by atoms with Crippen LogP contribution in [0.4, 0.5) is 0 Å². The summed E-state index contributed by atoms with van der Waals surface area (Å²) in [7, 11) is 0. The molecule has 0 aliphatic carbocycles. The van der Waals surface area contributed by atoms with Gasteiger partial charge in [-0.05, 0) is 25.7 Å². The van der Waals surface area contributed by atoms with Crippen molar-refractivity contribution in [3.63, 3.8) is 0 Å². The topological polar surface area (TPSA) is 49.7 Å². The Bertz CT molecular complexity index is 268. The molecule has 2 unspecified atom stereocenters. The second-order valence-corrected chi connectivity index (χ2v) is 9.22. The van der Waals surface area contributed by atoms with Crippen LogP contribution in [0, 0.1) is 0 Å². The Labute approximate surface area is 196 Å². The van der Waals surface area contributed by atoms with E-state index in [0.29, 0.717) is 12.2 Å². The zero-order valence-corrected chi connectivity index (χ0v) is 22.0. The number of hydrogen-bond acceptors (Lipinski definition) is 3. The summed E-state index contributed by atoms with van der Waals surface area (Å²) in [6.45, 7) is 8.98. The maximum absolute atomic E-state index is 7.62. The average Bonchev–Trinajstić information content (AvgIpc) is 2.79. The number of hydrogen-bond donors (Lipinski definition) is 2. The van der Waals surface area contributed by atoms with Gasteiger partial charge in [-0.15, -0.1) is 0 Å². The number of aliphatic hydroxyl groups is 2.